The Morgan fingerprint density at radius 3 is 2.84 bits per heavy atom. The van der Waals surface area contributed by atoms with Crippen molar-refractivity contribution in [1.29, 1.82) is 0 Å². The number of hydrogen-bond donors (Lipinski definition) is 0. The van der Waals surface area contributed by atoms with Gasteiger partial charge in [0, 0.05) is 35.4 Å². The van der Waals surface area contributed by atoms with Gasteiger partial charge >= 0.3 is 0 Å². The lowest BCUT2D eigenvalue weighted by Gasteiger charge is -2.24. The predicted molar refractivity (Wildman–Crippen MR) is 79.4 cm³/mol. The molecule has 0 N–H and O–H groups in total. The van der Waals surface area contributed by atoms with Crippen molar-refractivity contribution >= 4 is 28.2 Å². The number of pyridine rings is 1. The van der Waals surface area contributed by atoms with Gasteiger partial charge in [-0.25, -0.2) is 4.98 Å². The van der Waals surface area contributed by atoms with Crippen LogP contribution in [0.5, 0.6) is 5.75 Å². The highest BCUT2D eigenvalue weighted by molar-refractivity contribution is 6.18. The number of ether oxygens (including phenoxy) is 1. The molecule has 0 aliphatic heterocycles. The zero-order valence-electron chi connectivity index (χ0n) is 11.0. The van der Waals surface area contributed by atoms with Gasteiger partial charge in [-0.2, -0.15) is 0 Å². The molecule has 1 fully saturated rings. The third-order valence-corrected chi connectivity index (χ3v) is 3.72. The number of benzene rings is 1. The summed E-state index contributed by atoms with van der Waals surface area (Å²) in [5.41, 5.74) is 0. The number of fused-ring (bicyclic) bond motifs is 1. The predicted octanol–water partition coefficient (Wildman–Crippen LogP) is 3.45. The smallest absolute Gasteiger partial charge is 0.136 e. The number of methoxy groups -OCH3 is 1. The van der Waals surface area contributed by atoms with Gasteiger partial charge in [-0.3, -0.25) is 0 Å². The maximum Gasteiger partial charge on any atom is 0.136 e. The molecule has 4 heteroatoms. The quantitative estimate of drug-likeness (QED) is 0.782. The van der Waals surface area contributed by atoms with E-state index in [0.717, 1.165) is 28.9 Å². The van der Waals surface area contributed by atoms with Crippen molar-refractivity contribution in [3.8, 4) is 5.75 Å². The van der Waals surface area contributed by atoms with Crippen LogP contribution >= 0.6 is 11.6 Å². The SMILES string of the molecule is COc1cccc2c(N(CCCl)C3CC3)nccc12. The normalized spacial score (nSPS) is 14.6. The molecular weight excluding hydrogens is 260 g/mol. The monoisotopic (exact) mass is 276 g/mol. The van der Waals surface area contributed by atoms with Crippen molar-refractivity contribution in [3.05, 3.63) is 30.5 Å². The summed E-state index contributed by atoms with van der Waals surface area (Å²) in [5.74, 6) is 2.54. The molecule has 1 aliphatic rings. The van der Waals surface area contributed by atoms with Gasteiger partial charge in [0.05, 0.1) is 7.11 Å². The summed E-state index contributed by atoms with van der Waals surface area (Å²) >= 11 is 5.93. The van der Waals surface area contributed by atoms with E-state index in [1.165, 1.54) is 12.8 Å². The van der Waals surface area contributed by atoms with Gasteiger partial charge < -0.3 is 9.64 Å². The molecule has 0 radical (unpaired) electrons. The second-order valence-corrected chi connectivity index (χ2v) is 5.18. The van der Waals surface area contributed by atoms with E-state index in [0.29, 0.717) is 11.9 Å². The lowest BCUT2D eigenvalue weighted by molar-refractivity contribution is 0.420. The Morgan fingerprint density at radius 1 is 1.32 bits per heavy atom. The van der Waals surface area contributed by atoms with Crippen molar-refractivity contribution in [2.24, 2.45) is 0 Å². The first-order valence-corrected chi connectivity index (χ1v) is 7.13. The first kappa shape index (κ1) is 12.5. The fourth-order valence-electron chi connectivity index (χ4n) is 2.51. The highest BCUT2D eigenvalue weighted by atomic mass is 35.5. The topological polar surface area (TPSA) is 25.4 Å². The van der Waals surface area contributed by atoms with Crippen LogP contribution in [0.1, 0.15) is 12.8 Å². The molecule has 0 unspecified atom stereocenters. The number of alkyl halides is 1. The van der Waals surface area contributed by atoms with Crippen LogP contribution in [0, 0.1) is 0 Å². The molecule has 3 nitrogen and oxygen atoms in total. The first-order chi connectivity index (χ1) is 9.35. The summed E-state index contributed by atoms with van der Waals surface area (Å²) in [6, 6.07) is 8.70. The lowest BCUT2D eigenvalue weighted by Crippen LogP contribution is -2.28. The largest absolute Gasteiger partial charge is 0.496 e. The number of rotatable bonds is 5. The summed E-state index contributed by atoms with van der Waals surface area (Å²) < 4.78 is 5.43. The summed E-state index contributed by atoms with van der Waals surface area (Å²) in [4.78, 5) is 6.90. The van der Waals surface area contributed by atoms with Gasteiger partial charge in [-0.05, 0) is 25.0 Å². The van der Waals surface area contributed by atoms with E-state index in [1.807, 2.05) is 24.4 Å². The Morgan fingerprint density at radius 2 is 2.16 bits per heavy atom. The van der Waals surface area contributed by atoms with Crippen molar-refractivity contribution in [2.75, 3.05) is 24.4 Å². The van der Waals surface area contributed by atoms with Crippen molar-refractivity contribution in [3.63, 3.8) is 0 Å². The molecular formula is C15H17ClN2O. The Kier molecular flexibility index (Phi) is 3.47. The van der Waals surface area contributed by atoms with Gasteiger partial charge in [-0.1, -0.05) is 12.1 Å². The molecule has 19 heavy (non-hydrogen) atoms. The van der Waals surface area contributed by atoms with E-state index in [-0.39, 0.29) is 0 Å². The summed E-state index contributed by atoms with van der Waals surface area (Å²) in [7, 11) is 1.70. The molecule has 0 bridgehead atoms. The molecule has 1 aromatic carbocycles. The summed E-state index contributed by atoms with van der Waals surface area (Å²) in [6.45, 7) is 0.843. The van der Waals surface area contributed by atoms with Gasteiger partial charge in [0.2, 0.25) is 0 Å². The average Bonchev–Trinajstić information content (AvgIpc) is 3.28. The minimum Gasteiger partial charge on any atom is -0.496 e. The van der Waals surface area contributed by atoms with Gasteiger partial charge in [-0.15, -0.1) is 11.6 Å². The van der Waals surface area contributed by atoms with E-state index < -0.39 is 0 Å². The molecule has 1 aromatic heterocycles. The van der Waals surface area contributed by atoms with E-state index >= 15 is 0 Å². The van der Waals surface area contributed by atoms with Crippen molar-refractivity contribution < 1.29 is 4.74 Å². The number of anilines is 1. The molecule has 3 rings (SSSR count). The molecule has 1 aliphatic carbocycles. The maximum absolute atomic E-state index is 5.93. The fraction of sp³-hybridized carbons (Fsp3) is 0.400. The Bertz CT molecular complexity index is 583. The molecule has 0 saturated heterocycles. The fourth-order valence-corrected chi connectivity index (χ4v) is 2.69. The molecule has 0 atom stereocenters. The van der Waals surface area contributed by atoms with Crippen LogP contribution in [0.25, 0.3) is 10.8 Å². The van der Waals surface area contributed by atoms with Crippen LogP contribution < -0.4 is 9.64 Å². The van der Waals surface area contributed by atoms with Crippen LogP contribution in [0.3, 0.4) is 0 Å². The van der Waals surface area contributed by atoms with E-state index in [2.05, 4.69) is 16.0 Å². The number of nitrogens with zero attached hydrogens (tertiary/aromatic N) is 2. The third kappa shape index (κ3) is 2.35. The zero-order valence-corrected chi connectivity index (χ0v) is 11.7. The minimum atomic E-state index is 0.600. The second-order valence-electron chi connectivity index (χ2n) is 4.80. The Labute approximate surface area is 118 Å². The number of halogens is 1. The van der Waals surface area contributed by atoms with E-state index in [4.69, 9.17) is 16.3 Å². The van der Waals surface area contributed by atoms with Crippen LogP contribution in [-0.4, -0.2) is 30.6 Å². The van der Waals surface area contributed by atoms with Crippen molar-refractivity contribution in [2.45, 2.75) is 18.9 Å². The highest BCUT2D eigenvalue weighted by Crippen LogP contribution is 2.36. The Hall–Kier alpha value is -1.48. The summed E-state index contributed by atoms with van der Waals surface area (Å²) in [5, 5.41) is 2.24. The second kappa shape index (κ2) is 5.25. The molecule has 0 amide bonds. The van der Waals surface area contributed by atoms with Crippen LogP contribution in [0.15, 0.2) is 30.5 Å². The standard InChI is InChI=1S/C15H17ClN2O/c1-19-14-4-2-3-13-12(14)7-9-17-15(13)18(10-8-16)11-5-6-11/h2-4,7,9,11H,5-6,8,10H2,1H3. The van der Waals surface area contributed by atoms with Crippen LogP contribution in [0.4, 0.5) is 5.82 Å². The highest BCUT2D eigenvalue weighted by Gasteiger charge is 2.30. The van der Waals surface area contributed by atoms with Gasteiger partial charge in [0.1, 0.15) is 11.6 Å². The van der Waals surface area contributed by atoms with Gasteiger partial charge in [0.15, 0.2) is 0 Å². The molecule has 1 heterocycles. The molecule has 1 saturated carbocycles. The molecule has 100 valence electrons. The number of aromatic nitrogens is 1. The lowest BCUT2D eigenvalue weighted by atomic mass is 10.1. The van der Waals surface area contributed by atoms with Crippen molar-refractivity contribution in [1.82, 2.24) is 4.98 Å². The van der Waals surface area contributed by atoms with Crippen LogP contribution in [0.2, 0.25) is 0 Å². The minimum absolute atomic E-state index is 0.600. The molecule has 2 aromatic rings. The van der Waals surface area contributed by atoms with E-state index in [9.17, 15) is 0 Å². The van der Waals surface area contributed by atoms with Gasteiger partial charge in [0.25, 0.3) is 0 Å². The molecule has 0 spiro atoms. The maximum atomic E-state index is 5.93. The average molecular weight is 277 g/mol. The Balaban J connectivity index is 2.12. The third-order valence-electron chi connectivity index (χ3n) is 3.55. The van der Waals surface area contributed by atoms with Crippen LogP contribution in [-0.2, 0) is 0 Å². The zero-order chi connectivity index (χ0) is 13.2. The first-order valence-electron chi connectivity index (χ1n) is 6.59. The summed E-state index contributed by atoms with van der Waals surface area (Å²) in [6.07, 6.45) is 4.32. The number of hydrogen-bond acceptors (Lipinski definition) is 3. The van der Waals surface area contributed by atoms with E-state index in [1.54, 1.807) is 7.11 Å².